The van der Waals surface area contributed by atoms with E-state index in [4.69, 9.17) is 5.73 Å². The van der Waals surface area contributed by atoms with Gasteiger partial charge in [0.05, 0.1) is 5.39 Å². The number of anilines is 2. The number of nitrogens with two attached hydrogens (primary N) is 1. The van der Waals surface area contributed by atoms with Gasteiger partial charge in [0, 0.05) is 6.54 Å². The van der Waals surface area contributed by atoms with Crippen LogP contribution in [-0.4, -0.2) is 21.5 Å². The average molecular weight is 257 g/mol. The van der Waals surface area contributed by atoms with Crippen LogP contribution in [0.2, 0.25) is 0 Å². The van der Waals surface area contributed by atoms with Gasteiger partial charge >= 0.3 is 0 Å². The van der Waals surface area contributed by atoms with Crippen LogP contribution in [0, 0.1) is 5.92 Å². The molecule has 1 fully saturated rings. The molecule has 0 atom stereocenters. The Balaban J connectivity index is 1.70. The summed E-state index contributed by atoms with van der Waals surface area (Å²) in [4.78, 5) is 12.7. The summed E-state index contributed by atoms with van der Waals surface area (Å²) >= 11 is 0. The SMILES string of the molecule is Nc1ccc2c(NCCC3CCCC3)ncnc2n1. The zero-order valence-corrected chi connectivity index (χ0v) is 11.0. The topological polar surface area (TPSA) is 76.7 Å². The summed E-state index contributed by atoms with van der Waals surface area (Å²) < 4.78 is 0. The Kier molecular flexibility index (Phi) is 3.44. The van der Waals surface area contributed by atoms with E-state index >= 15 is 0 Å². The van der Waals surface area contributed by atoms with E-state index in [0.717, 1.165) is 23.7 Å². The minimum Gasteiger partial charge on any atom is -0.384 e. The van der Waals surface area contributed by atoms with E-state index in [1.54, 1.807) is 6.07 Å². The monoisotopic (exact) mass is 257 g/mol. The fraction of sp³-hybridized carbons (Fsp3) is 0.500. The maximum atomic E-state index is 5.66. The maximum Gasteiger partial charge on any atom is 0.166 e. The summed E-state index contributed by atoms with van der Waals surface area (Å²) in [7, 11) is 0. The van der Waals surface area contributed by atoms with Crippen molar-refractivity contribution in [1.29, 1.82) is 0 Å². The molecule has 2 heterocycles. The Morgan fingerprint density at radius 2 is 2.05 bits per heavy atom. The zero-order chi connectivity index (χ0) is 13.1. The van der Waals surface area contributed by atoms with Crippen LogP contribution in [0.15, 0.2) is 18.5 Å². The Bertz CT molecular complexity index is 563. The molecule has 2 aromatic rings. The molecule has 1 aliphatic rings. The lowest BCUT2D eigenvalue weighted by Crippen LogP contribution is -2.08. The molecule has 5 nitrogen and oxygen atoms in total. The third kappa shape index (κ3) is 2.75. The molecule has 0 bridgehead atoms. The maximum absolute atomic E-state index is 5.66. The number of nitrogens with zero attached hydrogens (tertiary/aromatic N) is 3. The number of rotatable bonds is 4. The Labute approximate surface area is 112 Å². The first-order valence-electron chi connectivity index (χ1n) is 6.94. The van der Waals surface area contributed by atoms with E-state index in [0.29, 0.717) is 11.5 Å². The standard InChI is InChI=1S/C14H19N5/c15-12-6-5-11-13(17-9-18-14(11)19-12)16-8-7-10-3-1-2-4-10/h5-6,9-10H,1-4,7-8H2,(H3,15,16,17,18,19). The van der Waals surface area contributed by atoms with Gasteiger partial charge in [-0.2, -0.15) is 0 Å². The molecule has 0 unspecified atom stereocenters. The van der Waals surface area contributed by atoms with Crippen LogP contribution in [0.5, 0.6) is 0 Å². The molecular formula is C14H19N5. The van der Waals surface area contributed by atoms with Gasteiger partial charge in [-0.05, 0) is 24.5 Å². The number of nitrogens with one attached hydrogen (secondary N) is 1. The second-order valence-electron chi connectivity index (χ2n) is 5.20. The summed E-state index contributed by atoms with van der Waals surface area (Å²) in [6.45, 7) is 0.959. The lowest BCUT2D eigenvalue weighted by Gasteiger charge is -2.11. The van der Waals surface area contributed by atoms with Crippen molar-refractivity contribution in [1.82, 2.24) is 15.0 Å². The summed E-state index contributed by atoms with van der Waals surface area (Å²) in [6.07, 6.45) is 8.30. The number of aromatic nitrogens is 3. The molecule has 3 rings (SSSR count). The molecule has 3 N–H and O–H groups in total. The van der Waals surface area contributed by atoms with Gasteiger partial charge in [0.2, 0.25) is 0 Å². The minimum absolute atomic E-state index is 0.489. The molecule has 1 saturated carbocycles. The number of hydrogen-bond donors (Lipinski definition) is 2. The van der Waals surface area contributed by atoms with Gasteiger partial charge in [-0.3, -0.25) is 0 Å². The number of nitrogen functional groups attached to an aromatic ring is 1. The van der Waals surface area contributed by atoms with E-state index < -0.39 is 0 Å². The molecule has 0 radical (unpaired) electrons. The molecule has 0 aromatic carbocycles. The molecule has 19 heavy (non-hydrogen) atoms. The quantitative estimate of drug-likeness (QED) is 0.880. The van der Waals surface area contributed by atoms with Crippen molar-refractivity contribution in [3.63, 3.8) is 0 Å². The van der Waals surface area contributed by atoms with Gasteiger partial charge in [-0.25, -0.2) is 15.0 Å². The highest BCUT2D eigenvalue weighted by atomic mass is 15.0. The molecule has 2 aromatic heterocycles. The Hall–Kier alpha value is -1.91. The Morgan fingerprint density at radius 1 is 1.21 bits per heavy atom. The van der Waals surface area contributed by atoms with E-state index in [9.17, 15) is 0 Å². The number of pyridine rings is 1. The summed E-state index contributed by atoms with van der Waals surface area (Å²) in [5.74, 6) is 2.23. The number of hydrogen-bond acceptors (Lipinski definition) is 5. The highest BCUT2D eigenvalue weighted by Gasteiger charge is 2.14. The highest BCUT2D eigenvalue weighted by molar-refractivity contribution is 5.86. The van der Waals surface area contributed by atoms with Crippen molar-refractivity contribution >= 4 is 22.7 Å². The van der Waals surface area contributed by atoms with Gasteiger partial charge < -0.3 is 11.1 Å². The van der Waals surface area contributed by atoms with Crippen LogP contribution in [0.25, 0.3) is 11.0 Å². The minimum atomic E-state index is 0.489. The van der Waals surface area contributed by atoms with E-state index in [-0.39, 0.29) is 0 Å². The van der Waals surface area contributed by atoms with Crippen LogP contribution in [0.3, 0.4) is 0 Å². The molecule has 0 saturated heterocycles. The van der Waals surface area contributed by atoms with Crippen LogP contribution in [-0.2, 0) is 0 Å². The van der Waals surface area contributed by atoms with Crippen LogP contribution in [0.4, 0.5) is 11.6 Å². The molecule has 5 heteroatoms. The van der Waals surface area contributed by atoms with Crippen molar-refractivity contribution in [2.75, 3.05) is 17.6 Å². The summed E-state index contributed by atoms with van der Waals surface area (Å²) in [5, 5.41) is 4.34. The third-order valence-electron chi connectivity index (χ3n) is 3.84. The third-order valence-corrected chi connectivity index (χ3v) is 3.84. The van der Waals surface area contributed by atoms with Gasteiger partial charge in [-0.15, -0.1) is 0 Å². The summed E-state index contributed by atoms with van der Waals surface area (Å²) in [5.41, 5.74) is 6.32. The predicted molar refractivity (Wildman–Crippen MR) is 76.8 cm³/mol. The largest absolute Gasteiger partial charge is 0.384 e. The molecule has 1 aliphatic carbocycles. The van der Waals surface area contributed by atoms with E-state index in [1.807, 2.05) is 6.07 Å². The van der Waals surface area contributed by atoms with Crippen molar-refractivity contribution in [3.05, 3.63) is 18.5 Å². The highest BCUT2D eigenvalue weighted by Crippen LogP contribution is 2.27. The average Bonchev–Trinajstić information content (AvgIpc) is 2.92. The normalized spacial score (nSPS) is 16.0. The van der Waals surface area contributed by atoms with Crippen LogP contribution in [0.1, 0.15) is 32.1 Å². The van der Waals surface area contributed by atoms with Crippen molar-refractivity contribution in [2.24, 2.45) is 5.92 Å². The molecule has 0 amide bonds. The lowest BCUT2D eigenvalue weighted by atomic mass is 10.0. The van der Waals surface area contributed by atoms with E-state index in [2.05, 4.69) is 20.3 Å². The second kappa shape index (κ2) is 5.38. The zero-order valence-electron chi connectivity index (χ0n) is 11.0. The second-order valence-corrected chi connectivity index (χ2v) is 5.20. The molecule has 0 spiro atoms. The van der Waals surface area contributed by atoms with Crippen molar-refractivity contribution in [3.8, 4) is 0 Å². The summed E-state index contributed by atoms with van der Waals surface area (Å²) in [6, 6.07) is 3.71. The van der Waals surface area contributed by atoms with Crippen molar-refractivity contribution in [2.45, 2.75) is 32.1 Å². The molecule has 0 aliphatic heterocycles. The first kappa shape index (κ1) is 12.1. The van der Waals surface area contributed by atoms with Crippen molar-refractivity contribution < 1.29 is 0 Å². The fourth-order valence-electron chi connectivity index (χ4n) is 2.79. The Morgan fingerprint density at radius 3 is 2.89 bits per heavy atom. The lowest BCUT2D eigenvalue weighted by molar-refractivity contribution is 0.518. The molecular weight excluding hydrogens is 238 g/mol. The van der Waals surface area contributed by atoms with Gasteiger partial charge in [0.15, 0.2) is 5.65 Å². The first-order valence-corrected chi connectivity index (χ1v) is 6.94. The van der Waals surface area contributed by atoms with Crippen LogP contribution < -0.4 is 11.1 Å². The van der Waals surface area contributed by atoms with E-state index in [1.165, 1.54) is 38.4 Å². The predicted octanol–water partition coefficient (Wildman–Crippen LogP) is 2.60. The van der Waals surface area contributed by atoms with Gasteiger partial charge in [0.25, 0.3) is 0 Å². The number of fused-ring (bicyclic) bond motifs is 1. The van der Waals surface area contributed by atoms with Gasteiger partial charge in [-0.1, -0.05) is 25.7 Å². The van der Waals surface area contributed by atoms with Crippen LogP contribution >= 0.6 is 0 Å². The molecule has 100 valence electrons. The first-order chi connectivity index (χ1) is 9.33. The fourth-order valence-corrected chi connectivity index (χ4v) is 2.79. The smallest absolute Gasteiger partial charge is 0.166 e. The van der Waals surface area contributed by atoms with Gasteiger partial charge in [0.1, 0.15) is 18.0 Å².